The van der Waals surface area contributed by atoms with Gasteiger partial charge in [0.25, 0.3) is 15.9 Å². The van der Waals surface area contributed by atoms with Gasteiger partial charge in [0.15, 0.2) is 0 Å². The lowest BCUT2D eigenvalue weighted by atomic mass is 10.1. The molecule has 15 heteroatoms. The van der Waals surface area contributed by atoms with Crippen molar-refractivity contribution in [2.24, 2.45) is 0 Å². The van der Waals surface area contributed by atoms with Crippen LogP contribution in [-0.2, 0) is 27.9 Å². The monoisotopic (exact) mass is 614 g/mol. The van der Waals surface area contributed by atoms with Crippen LogP contribution in [0, 0.1) is 6.92 Å². The van der Waals surface area contributed by atoms with Gasteiger partial charge in [0.1, 0.15) is 20.3 Å². The van der Waals surface area contributed by atoms with Gasteiger partial charge in [-0.15, -0.1) is 16.4 Å². The number of halogens is 2. The van der Waals surface area contributed by atoms with Crippen molar-refractivity contribution in [1.29, 1.82) is 0 Å². The van der Waals surface area contributed by atoms with E-state index in [0.717, 1.165) is 16.9 Å². The average molecular weight is 616 g/mol. The Balaban J connectivity index is 1.56. The number of hydrogen-bond donors (Lipinski definition) is 2. The summed E-state index contributed by atoms with van der Waals surface area (Å²) >= 11 is 12.9. The third kappa shape index (κ3) is 7.28. The summed E-state index contributed by atoms with van der Waals surface area (Å²) in [6, 6.07) is 5.74. The van der Waals surface area contributed by atoms with Crippen molar-refractivity contribution < 1.29 is 22.7 Å². The fourth-order valence-corrected chi connectivity index (χ4v) is 7.36. The van der Waals surface area contributed by atoms with E-state index >= 15 is 0 Å². The maximum atomic E-state index is 13.4. The van der Waals surface area contributed by atoms with Crippen molar-refractivity contribution in [2.45, 2.75) is 50.0 Å². The van der Waals surface area contributed by atoms with Gasteiger partial charge in [-0.05, 0) is 44.0 Å². The summed E-state index contributed by atoms with van der Waals surface area (Å²) < 4.78 is 35.8. The maximum Gasteiger partial charge on any atom is 0.255 e. The van der Waals surface area contributed by atoms with E-state index in [4.69, 9.17) is 27.9 Å². The van der Waals surface area contributed by atoms with Crippen molar-refractivity contribution >= 4 is 56.4 Å². The number of fused-ring (bicyclic) bond motifs is 3. The number of carbonyl (C=O) groups is 2. The molecule has 0 fully saturated rings. The minimum atomic E-state index is -3.96. The van der Waals surface area contributed by atoms with Crippen LogP contribution in [-0.4, -0.2) is 65.3 Å². The summed E-state index contributed by atoms with van der Waals surface area (Å²) in [7, 11) is -3.96. The smallest absolute Gasteiger partial charge is 0.255 e. The summed E-state index contributed by atoms with van der Waals surface area (Å²) in [4.78, 5) is 25.6. The van der Waals surface area contributed by atoms with E-state index in [9.17, 15) is 18.0 Å². The average Bonchev–Trinajstić information content (AvgIpc) is 3.48. The predicted octanol–water partition coefficient (Wildman–Crippen LogP) is 3.25. The quantitative estimate of drug-likeness (QED) is 0.452. The Labute approximate surface area is 240 Å². The van der Waals surface area contributed by atoms with E-state index in [1.165, 1.54) is 10.4 Å². The highest BCUT2D eigenvalue weighted by Gasteiger charge is 2.28. The molecule has 1 aromatic carbocycles. The molecule has 3 aromatic rings. The molecule has 2 amide bonds. The molecule has 0 saturated carbocycles. The van der Waals surface area contributed by atoms with Gasteiger partial charge in [-0.2, -0.15) is 4.31 Å². The van der Waals surface area contributed by atoms with Crippen molar-refractivity contribution in [1.82, 2.24) is 29.9 Å². The first-order valence-electron chi connectivity index (χ1n) is 12.2. The van der Waals surface area contributed by atoms with Gasteiger partial charge in [-0.1, -0.05) is 34.5 Å². The number of benzene rings is 1. The topological polar surface area (TPSA) is 136 Å². The SMILES string of the molecule is Cc1ccc2c(c1)OCCCn1cc(nn1)CN(S(=O)(=O)c1cc(Cl)c(Cl)s1)CCCNC(=O)[C@@H](C)NC2=O. The fraction of sp³-hybridized carbons (Fsp3) is 0.417. The van der Waals surface area contributed by atoms with Crippen molar-refractivity contribution in [3.8, 4) is 5.75 Å². The van der Waals surface area contributed by atoms with Gasteiger partial charge in [0, 0.05) is 32.3 Å². The molecule has 0 saturated heterocycles. The summed E-state index contributed by atoms with van der Waals surface area (Å²) in [5, 5.41) is 13.9. The Morgan fingerprint density at radius 3 is 2.69 bits per heavy atom. The molecule has 210 valence electrons. The Morgan fingerprint density at radius 1 is 1.15 bits per heavy atom. The number of nitrogens with one attached hydrogen (secondary N) is 2. The third-order valence-electron chi connectivity index (χ3n) is 5.94. The molecule has 2 N–H and O–H groups in total. The van der Waals surface area contributed by atoms with E-state index in [1.54, 1.807) is 36.0 Å². The van der Waals surface area contributed by atoms with E-state index in [0.29, 0.717) is 43.0 Å². The number of amides is 2. The largest absolute Gasteiger partial charge is 0.493 e. The van der Waals surface area contributed by atoms with Gasteiger partial charge in [0.2, 0.25) is 5.91 Å². The second kappa shape index (κ2) is 12.6. The number of thiophene rings is 1. The standard InChI is InChI=1S/C24H28Cl2N6O5S2/c1-15-5-6-18-20(11-15)37-10-4-8-31-13-17(29-30-31)14-32(39(35,36)21-12-19(25)22(26)38-21)9-3-7-27-23(33)16(2)28-24(18)34/h5-6,11-13,16H,3-4,7-10,14H2,1-2H3,(H,27,33)(H,28,34)/t16-/m1/s1. The molecule has 39 heavy (non-hydrogen) atoms. The molecule has 1 aliphatic heterocycles. The number of aryl methyl sites for hydroxylation is 2. The van der Waals surface area contributed by atoms with Gasteiger partial charge >= 0.3 is 0 Å². The van der Waals surface area contributed by atoms with E-state index < -0.39 is 27.9 Å². The normalized spacial score (nSPS) is 18.6. The number of aromatic nitrogens is 3. The van der Waals surface area contributed by atoms with Crippen LogP contribution in [0.5, 0.6) is 5.75 Å². The summed E-state index contributed by atoms with van der Waals surface area (Å²) in [5.74, 6) is -0.408. The molecule has 2 aromatic heterocycles. The Hall–Kier alpha value is -2.71. The Bertz CT molecular complexity index is 1440. The molecule has 4 rings (SSSR count). The lowest BCUT2D eigenvalue weighted by Crippen LogP contribution is -2.45. The van der Waals surface area contributed by atoms with Crippen LogP contribution in [0.1, 0.15) is 41.4 Å². The number of hydrogen-bond acceptors (Lipinski definition) is 8. The molecule has 0 spiro atoms. The second-order valence-corrected chi connectivity index (χ2v) is 13.3. The zero-order valence-electron chi connectivity index (χ0n) is 21.3. The first-order chi connectivity index (χ1) is 18.5. The predicted molar refractivity (Wildman–Crippen MR) is 148 cm³/mol. The van der Waals surface area contributed by atoms with E-state index in [1.807, 2.05) is 6.92 Å². The number of ether oxygens (including phenoxy) is 1. The van der Waals surface area contributed by atoms with Crippen LogP contribution in [0.4, 0.5) is 0 Å². The summed E-state index contributed by atoms with van der Waals surface area (Å²) in [5.41, 5.74) is 1.72. The van der Waals surface area contributed by atoms with Crippen molar-refractivity contribution in [3.63, 3.8) is 0 Å². The Morgan fingerprint density at radius 2 is 1.95 bits per heavy atom. The fourth-order valence-electron chi connectivity index (χ4n) is 3.87. The van der Waals surface area contributed by atoms with Gasteiger partial charge in [-0.25, -0.2) is 8.42 Å². The first-order valence-corrected chi connectivity index (χ1v) is 15.2. The molecule has 3 heterocycles. The minimum Gasteiger partial charge on any atom is -0.493 e. The van der Waals surface area contributed by atoms with Crippen molar-refractivity contribution in [3.05, 3.63) is 56.6 Å². The molecule has 1 atom stereocenters. The van der Waals surface area contributed by atoms with Crippen LogP contribution < -0.4 is 15.4 Å². The van der Waals surface area contributed by atoms with Crippen LogP contribution in [0.15, 0.2) is 34.7 Å². The van der Waals surface area contributed by atoms with E-state index in [2.05, 4.69) is 20.9 Å². The van der Waals surface area contributed by atoms with Crippen LogP contribution in [0.25, 0.3) is 0 Å². The minimum absolute atomic E-state index is 0.00982. The third-order valence-corrected chi connectivity index (χ3v) is 10.1. The van der Waals surface area contributed by atoms with Crippen molar-refractivity contribution in [2.75, 3.05) is 19.7 Å². The van der Waals surface area contributed by atoms with Gasteiger partial charge in [-0.3, -0.25) is 14.3 Å². The second-order valence-electron chi connectivity index (χ2n) is 9.04. The first kappa shape index (κ1) is 29.3. The molecule has 0 unspecified atom stereocenters. The number of nitrogens with zero attached hydrogens (tertiary/aromatic N) is 4. The highest BCUT2D eigenvalue weighted by molar-refractivity contribution is 7.91. The lowest BCUT2D eigenvalue weighted by Gasteiger charge is -2.21. The molecule has 2 bridgehead atoms. The maximum absolute atomic E-state index is 13.4. The molecule has 0 aliphatic carbocycles. The molecule has 0 radical (unpaired) electrons. The highest BCUT2D eigenvalue weighted by atomic mass is 35.5. The summed E-state index contributed by atoms with van der Waals surface area (Å²) in [6.07, 6.45) is 2.55. The highest BCUT2D eigenvalue weighted by Crippen LogP contribution is 2.36. The van der Waals surface area contributed by atoms with Gasteiger partial charge in [0.05, 0.1) is 29.4 Å². The number of carbonyl (C=O) groups excluding carboxylic acids is 2. The van der Waals surface area contributed by atoms with Crippen LogP contribution >= 0.6 is 34.5 Å². The molecular formula is C24H28Cl2N6O5S2. The molecule has 11 nitrogen and oxygen atoms in total. The summed E-state index contributed by atoms with van der Waals surface area (Å²) in [6.45, 7) is 4.49. The van der Waals surface area contributed by atoms with Crippen LogP contribution in [0.2, 0.25) is 9.36 Å². The van der Waals surface area contributed by atoms with E-state index in [-0.39, 0.29) is 33.2 Å². The lowest BCUT2D eigenvalue weighted by molar-refractivity contribution is -0.122. The Kier molecular flexibility index (Phi) is 9.49. The zero-order chi connectivity index (χ0) is 28.2. The molecular weight excluding hydrogens is 587 g/mol. The number of sulfonamides is 1. The number of rotatable bonds is 2. The van der Waals surface area contributed by atoms with Gasteiger partial charge < -0.3 is 15.4 Å². The molecule has 1 aliphatic rings. The zero-order valence-corrected chi connectivity index (χ0v) is 24.5. The van der Waals surface area contributed by atoms with Crippen LogP contribution in [0.3, 0.4) is 0 Å².